The fraction of sp³-hybridized carbons (Fsp3) is 0.923. The fourth-order valence-electron chi connectivity index (χ4n) is 3.57. The van der Waals surface area contributed by atoms with Crippen molar-refractivity contribution in [3.8, 4) is 0 Å². The van der Waals surface area contributed by atoms with Gasteiger partial charge in [0.25, 0.3) is 0 Å². The van der Waals surface area contributed by atoms with Gasteiger partial charge in [-0.1, -0.05) is 97.8 Å². The van der Waals surface area contributed by atoms with Gasteiger partial charge in [0.2, 0.25) is 0 Å². The van der Waals surface area contributed by atoms with Gasteiger partial charge in [0.15, 0.2) is 0 Å². The van der Waals surface area contributed by atoms with E-state index in [1.807, 2.05) is 0 Å². The standard InChI is InChI=1S/C26H50O4/c1-4-7-9-10-11-12-13-14-18-22-29-25(27)20-16-15-17-21-26(28)30-23-24(6-3)19-8-5-2/h24H,4-23H2,1-3H3. The zero-order chi connectivity index (χ0) is 22.3. The zero-order valence-electron chi connectivity index (χ0n) is 20.4. The van der Waals surface area contributed by atoms with Crippen LogP contribution in [-0.2, 0) is 19.1 Å². The lowest BCUT2D eigenvalue weighted by atomic mass is 10.0. The van der Waals surface area contributed by atoms with Crippen molar-refractivity contribution in [3.63, 3.8) is 0 Å². The van der Waals surface area contributed by atoms with Crippen LogP contribution in [0.2, 0.25) is 0 Å². The predicted octanol–water partition coefficient (Wildman–Crippen LogP) is 7.77. The van der Waals surface area contributed by atoms with Crippen LogP contribution in [0.5, 0.6) is 0 Å². The van der Waals surface area contributed by atoms with Crippen molar-refractivity contribution in [2.75, 3.05) is 13.2 Å². The van der Waals surface area contributed by atoms with Gasteiger partial charge in [-0.2, -0.15) is 0 Å². The van der Waals surface area contributed by atoms with Crippen LogP contribution in [0, 0.1) is 5.92 Å². The van der Waals surface area contributed by atoms with E-state index in [0.29, 0.717) is 32.0 Å². The lowest BCUT2D eigenvalue weighted by molar-refractivity contribution is -0.145. The van der Waals surface area contributed by atoms with Crippen LogP contribution in [0.25, 0.3) is 0 Å². The number of hydrogen-bond acceptors (Lipinski definition) is 4. The fourth-order valence-corrected chi connectivity index (χ4v) is 3.57. The molecule has 0 rings (SSSR count). The quantitative estimate of drug-likeness (QED) is 0.131. The van der Waals surface area contributed by atoms with E-state index in [1.54, 1.807) is 0 Å². The molecule has 0 bridgehead atoms. The van der Waals surface area contributed by atoms with Crippen molar-refractivity contribution in [1.29, 1.82) is 0 Å². The van der Waals surface area contributed by atoms with E-state index in [1.165, 1.54) is 57.8 Å². The topological polar surface area (TPSA) is 52.6 Å². The summed E-state index contributed by atoms with van der Waals surface area (Å²) in [5.74, 6) is 0.297. The summed E-state index contributed by atoms with van der Waals surface area (Å²) in [7, 11) is 0. The third-order valence-electron chi connectivity index (χ3n) is 5.80. The van der Waals surface area contributed by atoms with Crippen molar-refractivity contribution in [3.05, 3.63) is 0 Å². The summed E-state index contributed by atoms with van der Waals surface area (Å²) < 4.78 is 10.7. The summed E-state index contributed by atoms with van der Waals surface area (Å²) in [5, 5.41) is 0. The number of unbranched alkanes of at least 4 members (excludes halogenated alkanes) is 11. The molecule has 1 atom stereocenters. The van der Waals surface area contributed by atoms with Gasteiger partial charge in [-0.15, -0.1) is 0 Å². The summed E-state index contributed by atoms with van der Waals surface area (Å²) in [6.45, 7) is 7.70. The summed E-state index contributed by atoms with van der Waals surface area (Å²) in [5.41, 5.74) is 0. The molecule has 0 N–H and O–H groups in total. The zero-order valence-corrected chi connectivity index (χ0v) is 20.4. The molecule has 1 unspecified atom stereocenters. The van der Waals surface area contributed by atoms with Gasteiger partial charge >= 0.3 is 11.9 Å². The Balaban J connectivity index is 3.43. The molecule has 0 fully saturated rings. The highest BCUT2D eigenvalue weighted by molar-refractivity contribution is 5.69. The summed E-state index contributed by atoms with van der Waals surface area (Å²) in [6.07, 6.45) is 19.4. The third-order valence-corrected chi connectivity index (χ3v) is 5.80. The molecule has 0 aliphatic rings. The first-order valence-corrected chi connectivity index (χ1v) is 12.9. The molecule has 0 aromatic carbocycles. The van der Waals surface area contributed by atoms with E-state index in [-0.39, 0.29) is 11.9 Å². The Morgan fingerprint density at radius 2 is 1.10 bits per heavy atom. The molecular formula is C26H50O4. The number of carbonyl (C=O) groups is 2. The molecule has 0 aromatic heterocycles. The molecule has 0 saturated carbocycles. The number of esters is 2. The minimum absolute atomic E-state index is 0.0983. The Kier molecular flexibility index (Phi) is 21.8. The van der Waals surface area contributed by atoms with Gasteiger partial charge < -0.3 is 9.47 Å². The molecule has 0 radical (unpaired) electrons. The Bertz CT molecular complexity index is 394. The van der Waals surface area contributed by atoms with Crippen LogP contribution >= 0.6 is 0 Å². The molecular weight excluding hydrogens is 376 g/mol. The summed E-state index contributed by atoms with van der Waals surface area (Å²) in [4.78, 5) is 23.6. The van der Waals surface area contributed by atoms with Crippen LogP contribution in [0.4, 0.5) is 0 Å². The smallest absolute Gasteiger partial charge is 0.305 e. The SMILES string of the molecule is CCCCCCCCCCCOC(=O)CCCCCC(=O)OCC(CC)CCCC. The maximum atomic E-state index is 11.8. The van der Waals surface area contributed by atoms with E-state index in [2.05, 4.69) is 20.8 Å². The Morgan fingerprint density at radius 3 is 1.67 bits per heavy atom. The molecule has 0 amide bonds. The van der Waals surface area contributed by atoms with Gasteiger partial charge in [0.1, 0.15) is 0 Å². The normalized spacial score (nSPS) is 12.0. The second kappa shape index (κ2) is 22.6. The van der Waals surface area contributed by atoms with Crippen LogP contribution in [-0.4, -0.2) is 25.2 Å². The average molecular weight is 427 g/mol. The number of ether oxygens (including phenoxy) is 2. The van der Waals surface area contributed by atoms with Crippen LogP contribution < -0.4 is 0 Å². The van der Waals surface area contributed by atoms with Gasteiger partial charge in [0.05, 0.1) is 13.2 Å². The number of hydrogen-bond donors (Lipinski definition) is 0. The van der Waals surface area contributed by atoms with Crippen molar-refractivity contribution >= 4 is 11.9 Å². The lowest BCUT2D eigenvalue weighted by Gasteiger charge is -2.14. The van der Waals surface area contributed by atoms with Gasteiger partial charge in [-0.3, -0.25) is 9.59 Å². The van der Waals surface area contributed by atoms with E-state index in [0.717, 1.165) is 44.9 Å². The van der Waals surface area contributed by atoms with Crippen molar-refractivity contribution in [2.24, 2.45) is 5.92 Å². The molecule has 0 saturated heterocycles. The molecule has 178 valence electrons. The first-order chi connectivity index (χ1) is 14.6. The Hall–Kier alpha value is -1.06. The van der Waals surface area contributed by atoms with Crippen LogP contribution in [0.1, 0.15) is 136 Å². The van der Waals surface area contributed by atoms with Crippen molar-refractivity contribution in [2.45, 2.75) is 136 Å². The molecule has 0 aliphatic heterocycles. The van der Waals surface area contributed by atoms with Gasteiger partial charge in [-0.05, 0) is 31.6 Å². The minimum Gasteiger partial charge on any atom is -0.466 e. The lowest BCUT2D eigenvalue weighted by Crippen LogP contribution is -2.13. The molecule has 4 heteroatoms. The molecule has 0 heterocycles. The highest BCUT2D eigenvalue weighted by Gasteiger charge is 2.10. The number of carbonyl (C=O) groups excluding carboxylic acids is 2. The van der Waals surface area contributed by atoms with Crippen LogP contribution in [0.15, 0.2) is 0 Å². The largest absolute Gasteiger partial charge is 0.466 e. The van der Waals surface area contributed by atoms with Crippen LogP contribution in [0.3, 0.4) is 0 Å². The highest BCUT2D eigenvalue weighted by Crippen LogP contribution is 2.14. The monoisotopic (exact) mass is 426 g/mol. The highest BCUT2D eigenvalue weighted by atomic mass is 16.5. The van der Waals surface area contributed by atoms with Crippen molar-refractivity contribution in [1.82, 2.24) is 0 Å². The second-order valence-electron chi connectivity index (χ2n) is 8.71. The van der Waals surface area contributed by atoms with E-state index >= 15 is 0 Å². The minimum atomic E-state index is -0.0992. The Morgan fingerprint density at radius 1 is 0.600 bits per heavy atom. The molecule has 4 nitrogen and oxygen atoms in total. The Labute approximate surface area is 186 Å². The van der Waals surface area contributed by atoms with E-state index < -0.39 is 0 Å². The van der Waals surface area contributed by atoms with Gasteiger partial charge in [-0.25, -0.2) is 0 Å². The van der Waals surface area contributed by atoms with E-state index in [9.17, 15) is 9.59 Å². The second-order valence-corrected chi connectivity index (χ2v) is 8.71. The molecule has 0 spiro atoms. The summed E-state index contributed by atoms with van der Waals surface area (Å²) in [6, 6.07) is 0. The van der Waals surface area contributed by atoms with Gasteiger partial charge in [0, 0.05) is 12.8 Å². The number of rotatable bonds is 22. The third kappa shape index (κ3) is 20.2. The summed E-state index contributed by atoms with van der Waals surface area (Å²) >= 11 is 0. The maximum absolute atomic E-state index is 11.8. The average Bonchev–Trinajstić information content (AvgIpc) is 2.75. The molecule has 30 heavy (non-hydrogen) atoms. The van der Waals surface area contributed by atoms with E-state index in [4.69, 9.17) is 9.47 Å². The molecule has 0 aromatic rings. The predicted molar refractivity (Wildman–Crippen MR) is 126 cm³/mol. The molecule has 0 aliphatic carbocycles. The maximum Gasteiger partial charge on any atom is 0.305 e. The first kappa shape index (κ1) is 28.9. The van der Waals surface area contributed by atoms with Crippen molar-refractivity contribution < 1.29 is 19.1 Å². The first-order valence-electron chi connectivity index (χ1n) is 12.9.